The van der Waals surface area contributed by atoms with E-state index in [2.05, 4.69) is 63.9 Å². The second-order valence-electron chi connectivity index (χ2n) is 5.67. The van der Waals surface area contributed by atoms with Crippen molar-refractivity contribution in [2.24, 2.45) is 5.92 Å². The fourth-order valence-electron chi connectivity index (χ4n) is 1.90. The maximum Gasteiger partial charge on any atom is 0.0635 e. The van der Waals surface area contributed by atoms with Crippen molar-refractivity contribution in [3.8, 4) is 0 Å². The van der Waals surface area contributed by atoms with E-state index in [0.717, 1.165) is 49.4 Å². The van der Waals surface area contributed by atoms with E-state index in [1.54, 1.807) is 0 Å². The first kappa shape index (κ1) is 16.7. The van der Waals surface area contributed by atoms with Gasteiger partial charge in [-0.2, -0.15) is 5.10 Å². The van der Waals surface area contributed by atoms with Crippen LogP contribution in [0.15, 0.2) is 10.7 Å². The van der Waals surface area contributed by atoms with Crippen LogP contribution in [0.1, 0.15) is 26.0 Å². The highest BCUT2D eigenvalue weighted by Gasteiger charge is 2.08. The molecule has 0 atom stereocenters. The molecular formula is C14H27BrN4. The molecule has 0 fully saturated rings. The quantitative estimate of drug-likeness (QED) is 0.706. The van der Waals surface area contributed by atoms with Crippen LogP contribution < -0.4 is 5.32 Å². The van der Waals surface area contributed by atoms with Crippen LogP contribution in [0, 0.1) is 5.92 Å². The average molecular weight is 331 g/mol. The highest BCUT2D eigenvalue weighted by molar-refractivity contribution is 9.10. The number of nitrogens with one attached hydrogen (secondary N) is 1. The fraction of sp³-hybridized carbons (Fsp3) is 0.786. The van der Waals surface area contributed by atoms with Gasteiger partial charge in [-0.25, -0.2) is 0 Å². The fourth-order valence-corrected chi connectivity index (χ4v) is 2.39. The summed E-state index contributed by atoms with van der Waals surface area (Å²) in [6.45, 7) is 8.62. The molecule has 19 heavy (non-hydrogen) atoms. The van der Waals surface area contributed by atoms with Crippen LogP contribution >= 0.6 is 15.9 Å². The van der Waals surface area contributed by atoms with Gasteiger partial charge in [0, 0.05) is 6.54 Å². The first-order valence-corrected chi connectivity index (χ1v) is 7.85. The van der Waals surface area contributed by atoms with Crippen LogP contribution in [0.5, 0.6) is 0 Å². The third kappa shape index (κ3) is 6.54. The molecule has 0 bridgehead atoms. The van der Waals surface area contributed by atoms with Gasteiger partial charge >= 0.3 is 0 Å². The zero-order valence-corrected chi connectivity index (χ0v) is 14.2. The van der Waals surface area contributed by atoms with Gasteiger partial charge < -0.3 is 10.2 Å². The van der Waals surface area contributed by atoms with Gasteiger partial charge in [0.2, 0.25) is 0 Å². The summed E-state index contributed by atoms with van der Waals surface area (Å²) in [7, 11) is 4.18. The van der Waals surface area contributed by atoms with Crippen LogP contribution in [-0.4, -0.2) is 48.4 Å². The summed E-state index contributed by atoms with van der Waals surface area (Å²) < 4.78 is 3.25. The minimum absolute atomic E-state index is 0.720. The summed E-state index contributed by atoms with van der Waals surface area (Å²) in [5.41, 5.74) is 1.31. The number of likely N-dealkylation sites (N-methyl/N-ethyl adjacent to an activating group) is 1. The number of nitrogens with zero attached hydrogens (tertiary/aromatic N) is 3. The predicted molar refractivity (Wildman–Crippen MR) is 84.5 cm³/mol. The largest absolute Gasteiger partial charge is 0.316 e. The summed E-state index contributed by atoms with van der Waals surface area (Å²) >= 11 is 3.60. The molecule has 1 aromatic heterocycles. The van der Waals surface area contributed by atoms with Gasteiger partial charge in [0.15, 0.2) is 0 Å². The smallest absolute Gasteiger partial charge is 0.0635 e. The SMILES string of the molecule is CC(C)CNCCCc1c(Br)cnn1CCN(C)C. The van der Waals surface area contributed by atoms with E-state index in [4.69, 9.17) is 0 Å². The normalized spacial score (nSPS) is 11.7. The van der Waals surface area contributed by atoms with Gasteiger partial charge in [0.25, 0.3) is 0 Å². The lowest BCUT2D eigenvalue weighted by Crippen LogP contribution is -2.22. The molecule has 1 rings (SSSR count). The van der Waals surface area contributed by atoms with Crippen molar-refractivity contribution in [1.82, 2.24) is 20.0 Å². The van der Waals surface area contributed by atoms with Crippen molar-refractivity contribution in [3.05, 3.63) is 16.4 Å². The van der Waals surface area contributed by atoms with Crippen molar-refractivity contribution >= 4 is 15.9 Å². The zero-order chi connectivity index (χ0) is 14.3. The molecule has 4 nitrogen and oxygen atoms in total. The lowest BCUT2D eigenvalue weighted by atomic mass is 10.2. The molecule has 0 unspecified atom stereocenters. The molecule has 0 radical (unpaired) electrons. The van der Waals surface area contributed by atoms with Gasteiger partial charge in [-0.3, -0.25) is 4.68 Å². The lowest BCUT2D eigenvalue weighted by Gasteiger charge is -2.12. The van der Waals surface area contributed by atoms with Crippen molar-refractivity contribution in [2.75, 3.05) is 33.7 Å². The maximum atomic E-state index is 4.44. The molecule has 0 spiro atoms. The van der Waals surface area contributed by atoms with Gasteiger partial charge in [-0.05, 0) is 61.9 Å². The number of halogens is 1. The summed E-state index contributed by atoms with van der Waals surface area (Å²) in [6, 6.07) is 0. The highest BCUT2D eigenvalue weighted by atomic mass is 79.9. The van der Waals surface area contributed by atoms with E-state index in [1.165, 1.54) is 5.69 Å². The number of hydrogen-bond donors (Lipinski definition) is 1. The summed E-state index contributed by atoms with van der Waals surface area (Å²) in [4.78, 5) is 2.18. The van der Waals surface area contributed by atoms with E-state index in [-0.39, 0.29) is 0 Å². The molecule has 0 amide bonds. The van der Waals surface area contributed by atoms with E-state index >= 15 is 0 Å². The minimum Gasteiger partial charge on any atom is -0.316 e. The molecule has 1 aromatic rings. The van der Waals surface area contributed by atoms with Crippen LogP contribution in [0.4, 0.5) is 0 Å². The number of hydrogen-bond acceptors (Lipinski definition) is 3. The standard InChI is InChI=1S/C14H27BrN4/c1-12(2)10-16-7-5-6-14-13(15)11-17-19(14)9-8-18(3)4/h11-12,16H,5-10H2,1-4H3. The molecule has 0 aliphatic carbocycles. The van der Waals surface area contributed by atoms with Gasteiger partial charge in [-0.1, -0.05) is 13.8 Å². The van der Waals surface area contributed by atoms with Crippen LogP contribution in [-0.2, 0) is 13.0 Å². The Morgan fingerprint density at radius 1 is 1.42 bits per heavy atom. The zero-order valence-electron chi connectivity index (χ0n) is 12.6. The van der Waals surface area contributed by atoms with E-state index in [9.17, 15) is 0 Å². The first-order chi connectivity index (χ1) is 9.00. The Labute approximate surface area is 125 Å². The number of rotatable bonds is 9. The minimum atomic E-state index is 0.720. The molecular weight excluding hydrogens is 304 g/mol. The molecule has 0 saturated carbocycles. The topological polar surface area (TPSA) is 33.1 Å². The van der Waals surface area contributed by atoms with Gasteiger partial charge in [-0.15, -0.1) is 0 Å². The number of aromatic nitrogens is 2. The molecule has 5 heteroatoms. The van der Waals surface area contributed by atoms with Crippen molar-refractivity contribution in [1.29, 1.82) is 0 Å². The Balaban J connectivity index is 2.37. The summed E-state index contributed by atoms with van der Waals surface area (Å²) in [6.07, 6.45) is 4.13. The predicted octanol–water partition coefficient (Wildman–Crippen LogP) is 2.39. The molecule has 0 aliphatic heterocycles. The lowest BCUT2D eigenvalue weighted by molar-refractivity contribution is 0.368. The molecule has 0 saturated heterocycles. The van der Waals surface area contributed by atoms with Gasteiger partial charge in [0.1, 0.15) is 0 Å². The van der Waals surface area contributed by atoms with Gasteiger partial charge in [0.05, 0.1) is 22.9 Å². The Morgan fingerprint density at radius 3 is 2.79 bits per heavy atom. The molecule has 0 aromatic carbocycles. The average Bonchev–Trinajstić information content (AvgIpc) is 2.67. The third-order valence-corrected chi connectivity index (χ3v) is 3.64. The van der Waals surface area contributed by atoms with Crippen LogP contribution in [0.25, 0.3) is 0 Å². The van der Waals surface area contributed by atoms with E-state index in [1.807, 2.05) is 6.20 Å². The van der Waals surface area contributed by atoms with Crippen molar-refractivity contribution in [3.63, 3.8) is 0 Å². The summed E-state index contributed by atoms with van der Waals surface area (Å²) in [5, 5.41) is 7.92. The second-order valence-corrected chi connectivity index (χ2v) is 6.52. The van der Waals surface area contributed by atoms with Crippen LogP contribution in [0.2, 0.25) is 0 Å². The van der Waals surface area contributed by atoms with Crippen LogP contribution in [0.3, 0.4) is 0 Å². The van der Waals surface area contributed by atoms with E-state index in [0.29, 0.717) is 0 Å². The summed E-state index contributed by atoms with van der Waals surface area (Å²) in [5.74, 6) is 0.720. The Hall–Kier alpha value is -0.390. The van der Waals surface area contributed by atoms with Crippen molar-refractivity contribution < 1.29 is 0 Å². The Bertz CT molecular complexity index is 360. The molecule has 0 aliphatic rings. The van der Waals surface area contributed by atoms with Crippen molar-refractivity contribution in [2.45, 2.75) is 33.2 Å². The monoisotopic (exact) mass is 330 g/mol. The molecule has 1 N–H and O–H groups in total. The molecule has 1 heterocycles. The third-order valence-electron chi connectivity index (χ3n) is 2.98. The molecule has 110 valence electrons. The Kier molecular flexibility index (Phi) is 7.64. The highest BCUT2D eigenvalue weighted by Crippen LogP contribution is 2.17. The maximum absolute atomic E-state index is 4.44. The Morgan fingerprint density at radius 2 is 2.16 bits per heavy atom. The second kappa shape index (κ2) is 8.72. The first-order valence-electron chi connectivity index (χ1n) is 7.06. The van der Waals surface area contributed by atoms with E-state index < -0.39 is 0 Å².